The summed E-state index contributed by atoms with van der Waals surface area (Å²) in [6.45, 7) is 5.51. The lowest BCUT2D eigenvalue weighted by molar-refractivity contribution is -0.151. The molecule has 2 unspecified atom stereocenters. The van der Waals surface area contributed by atoms with Crippen molar-refractivity contribution < 1.29 is 28.6 Å². The van der Waals surface area contributed by atoms with Crippen molar-refractivity contribution in [1.82, 2.24) is 4.90 Å². The summed E-state index contributed by atoms with van der Waals surface area (Å²) in [5.41, 5.74) is 0. The molecule has 0 N–H and O–H groups in total. The normalized spacial score (nSPS) is 13.0. The van der Waals surface area contributed by atoms with Gasteiger partial charge in [0.1, 0.15) is 6.10 Å². The van der Waals surface area contributed by atoms with Crippen molar-refractivity contribution in [2.45, 2.75) is 187 Å². The number of hydrogen-bond acceptors (Lipinski definition) is 7. The molecule has 0 heterocycles. The van der Waals surface area contributed by atoms with Gasteiger partial charge in [0.05, 0.1) is 14.2 Å². The number of methoxy groups -OCH3 is 2. The van der Waals surface area contributed by atoms with Gasteiger partial charge in [-0.25, -0.2) is 0 Å². The lowest BCUT2D eigenvalue weighted by Gasteiger charge is -2.22. The molecule has 0 aliphatic heterocycles. The third-order valence-corrected chi connectivity index (χ3v) is 9.38. The first-order chi connectivity index (χ1) is 24.2. The summed E-state index contributed by atoms with van der Waals surface area (Å²) in [6, 6.07) is 0. The first-order valence-corrected chi connectivity index (χ1v) is 20.5. The highest BCUT2D eigenvalue weighted by atomic mass is 16.5. The number of unbranched alkanes of at least 4 members (excludes halogenated alkanes) is 16. The monoisotopic (exact) mass is 706 g/mol. The number of nitrogens with zero attached hydrogens (tertiary/aromatic N) is 1. The average molecular weight is 706 g/mol. The predicted molar refractivity (Wildman–Crippen MR) is 209 cm³/mol. The maximum Gasteiger partial charge on any atom is 0.306 e. The number of rotatable bonds is 35. The minimum absolute atomic E-state index is 0.00686. The Labute approximate surface area is 308 Å². The molecule has 0 aromatic heterocycles. The molecule has 0 amide bonds. The van der Waals surface area contributed by atoms with Crippen molar-refractivity contribution in [2.24, 2.45) is 11.8 Å². The lowest BCUT2D eigenvalue weighted by atomic mass is 9.94. The molecular weight excluding hydrogens is 626 g/mol. The number of allylic oxidation sites excluding steroid dienone is 4. The average Bonchev–Trinajstić information content (AvgIpc) is 3.07. The van der Waals surface area contributed by atoms with E-state index < -0.39 is 0 Å². The summed E-state index contributed by atoms with van der Waals surface area (Å²) < 4.78 is 15.5. The van der Waals surface area contributed by atoms with E-state index in [-0.39, 0.29) is 24.0 Å². The number of carbonyl (C=O) groups excluding carboxylic acids is 3. The van der Waals surface area contributed by atoms with E-state index in [1.54, 1.807) is 0 Å². The maximum absolute atomic E-state index is 12.9. The van der Waals surface area contributed by atoms with Crippen molar-refractivity contribution in [3.8, 4) is 0 Å². The molecule has 292 valence electrons. The van der Waals surface area contributed by atoms with Crippen molar-refractivity contribution in [3.05, 3.63) is 24.3 Å². The standard InChI is InChI=1S/C43H79NO6/c1-38(35-39(2)37-44(3)4)36-43(47)50-40(31-27-23-19-15-11-7-9-13-17-21-25-29-33-41(45)48-5)32-28-24-20-16-12-8-10-14-18-22-26-30-34-42(46)49-6/h13-14,17-18,38-40H,7-12,15-16,19-37H2,1-6H3/b17-13-,18-14-. The highest BCUT2D eigenvalue weighted by molar-refractivity contribution is 5.70. The van der Waals surface area contributed by atoms with Gasteiger partial charge >= 0.3 is 17.9 Å². The Balaban J connectivity index is 4.27. The van der Waals surface area contributed by atoms with E-state index in [0.29, 0.717) is 31.1 Å². The van der Waals surface area contributed by atoms with Crippen LogP contribution in [0.1, 0.15) is 181 Å². The molecule has 0 saturated heterocycles. The molecule has 7 nitrogen and oxygen atoms in total. The van der Waals surface area contributed by atoms with E-state index in [1.807, 2.05) is 0 Å². The Morgan fingerprint density at radius 2 is 0.900 bits per heavy atom. The molecular formula is C43H79NO6. The summed E-state index contributed by atoms with van der Waals surface area (Å²) in [5, 5.41) is 0. The topological polar surface area (TPSA) is 82.1 Å². The molecule has 50 heavy (non-hydrogen) atoms. The summed E-state index contributed by atoms with van der Waals surface area (Å²) in [4.78, 5) is 37.5. The molecule has 0 rings (SSSR count). The van der Waals surface area contributed by atoms with Crippen LogP contribution < -0.4 is 0 Å². The summed E-state index contributed by atoms with van der Waals surface area (Å²) >= 11 is 0. The zero-order chi connectivity index (χ0) is 37.1. The zero-order valence-electron chi connectivity index (χ0n) is 33.5. The Hall–Kier alpha value is -2.15. The second kappa shape index (κ2) is 35.3. The molecule has 2 atom stereocenters. The van der Waals surface area contributed by atoms with Gasteiger partial charge in [-0.15, -0.1) is 0 Å². The summed E-state index contributed by atoms with van der Waals surface area (Å²) in [5.74, 6) is 0.687. The molecule has 0 radical (unpaired) electrons. The Bertz CT molecular complexity index is 819. The fraction of sp³-hybridized carbons (Fsp3) is 0.837. The fourth-order valence-corrected chi connectivity index (χ4v) is 6.67. The third-order valence-electron chi connectivity index (χ3n) is 9.38. The van der Waals surface area contributed by atoms with Crippen LogP contribution in [0, 0.1) is 11.8 Å². The van der Waals surface area contributed by atoms with Gasteiger partial charge in [-0.1, -0.05) is 89.5 Å². The summed E-state index contributed by atoms with van der Waals surface area (Å²) in [7, 11) is 7.11. The van der Waals surface area contributed by atoms with Crippen LogP contribution in [-0.4, -0.2) is 63.8 Å². The Morgan fingerprint density at radius 1 is 0.520 bits per heavy atom. The van der Waals surface area contributed by atoms with Crippen LogP contribution in [-0.2, 0) is 28.6 Å². The maximum atomic E-state index is 12.9. The molecule has 0 aliphatic rings. The van der Waals surface area contributed by atoms with Crippen molar-refractivity contribution in [1.29, 1.82) is 0 Å². The first kappa shape index (κ1) is 47.8. The van der Waals surface area contributed by atoms with E-state index in [2.05, 4.69) is 66.6 Å². The van der Waals surface area contributed by atoms with Gasteiger partial charge in [0, 0.05) is 25.8 Å². The second-order valence-corrected chi connectivity index (χ2v) is 15.0. The van der Waals surface area contributed by atoms with Crippen LogP contribution in [0.15, 0.2) is 24.3 Å². The highest BCUT2D eigenvalue weighted by Gasteiger charge is 2.18. The quantitative estimate of drug-likeness (QED) is 0.0281. The molecule has 0 aliphatic carbocycles. The van der Waals surface area contributed by atoms with Gasteiger partial charge in [0.25, 0.3) is 0 Å². The smallest absolute Gasteiger partial charge is 0.306 e. The van der Waals surface area contributed by atoms with E-state index in [9.17, 15) is 14.4 Å². The zero-order valence-corrected chi connectivity index (χ0v) is 33.5. The summed E-state index contributed by atoms with van der Waals surface area (Å²) in [6.07, 6.45) is 36.7. The molecule has 0 bridgehead atoms. The Kier molecular flexibility index (Phi) is 33.7. The van der Waals surface area contributed by atoms with E-state index in [4.69, 9.17) is 4.74 Å². The second-order valence-electron chi connectivity index (χ2n) is 15.0. The molecule has 0 saturated carbocycles. The van der Waals surface area contributed by atoms with Gasteiger partial charge in [0.2, 0.25) is 0 Å². The largest absolute Gasteiger partial charge is 0.469 e. The van der Waals surface area contributed by atoms with Crippen LogP contribution in [0.25, 0.3) is 0 Å². The van der Waals surface area contributed by atoms with E-state index in [0.717, 1.165) is 90.0 Å². The minimum Gasteiger partial charge on any atom is -0.469 e. The number of carbonyl (C=O) groups is 3. The minimum atomic E-state index is -0.114. The van der Waals surface area contributed by atoms with Crippen molar-refractivity contribution in [3.63, 3.8) is 0 Å². The predicted octanol–water partition coefficient (Wildman–Crippen LogP) is 11.3. The molecule has 0 aromatic rings. The molecule has 7 heteroatoms. The number of hydrogen-bond donors (Lipinski definition) is 0. The number of esters is 3. The number of ether oxygens (including phenoxy) is 3. The van der Waals surface area contributed by atoms with Crippen molar-refractivity contribution >= 4 is 17.9 Å². The van der Waals surface area contributed by atoms with Crippen LogP contribution in [0.3, 0.4) is 0 Å². The van der Waals surface area contributed by atoms with E-state index in [1.165, 1.54) is 78.4 Å². The fourth-order valence-electron chi connectivity index (χ4n) is 6.67. The molecule has 0 fully saturated rings. The SMILES string of the molecule is COC(=O)CCCC/C=C\CCCCCCCCC(CCCCCCCC/C=C\CCCCC(=O)OC)OC(=O)CC(C)CC(C)CN(C)C. The van der Waals surface area contributed by atoms with Crippen LogP contribution in [0.5, 0.6) is 0 Å². The van der Waals surface area contributed by atoms with Gasteiger partial charge in [0.15, 0.2) is 0 Å². The first-order valence-electron chi connectivity index (χ1n) is 20.5. The van der Waals surface area contributed by atoms with Gasteiger partial charge in [-0.3, -0.25) is 14.4 Å². The van der Waals surface area contributed by atoms with Crippen LogP contribution in [0.4, 0.5) is 0 Å². The van der Waals surface area contributed by atoms with E-state index >= 15 is 0 Å². The third kappa shape index (κ3) is 34.3. The highest BCUT2D eigenvalue weighted by Crippen LogP contribution is 2.21. The van der Waals surface area contributed by atoms with Gasteiger partial charge < -0.3 is 19.1 Å². The van der Waals surface area contributed by atoms with Crippen LogP contribution in [0.2, 0.25) is 0 Å². The van der Waals surface area contributed by atoms with Crippen molar-refractivity contribution in [2.75, 3.05) is 34.9 Å². The van der Waals surface area contributed by atoms with Gasteiger partial charge in [-0.05, 0) is 122 Å². The molecule has 0 aromatic carbocycles. The lowest BCUT2D eigenvalue weighted by Crippen LogP contribution is -2.23. The molecule has 0 spiro atoms. The van der Waals surface area contributed by atoms with Gasteiger partial charge in [-0.2, -0.15) is 0 Å². The van der Waals surface area contributed by atoms with Crippen LogP contribution >= 0.6 is 0 Å². The Morgan fingerprint density at radius 3 is 1.30 bits per heavy atom.